The lowest BCUT2D eigenvalue weighted by Crippen LogP contribution is -2.32. The van der Waals surface area contributed by atoms with E-state index in [-0.39, 0.29) is 18.4 Å². The Hall–Kier alpha value is -4.77. The van der Waals surface area contributed by atoms with Crippen molar-refractivity contribution < 1.29 is 13.9 Å². The molecule has 0 aliphatic carbocycles. The number of pyridine rings is 3. The number of benzene rings is 1. The zero-order valence-electron chi connectivity index (χ0n) is 18.6. The summed E-state index contributed by atoms with van der Waals surface area (Å²) >= 11 is 0. The average Bonchev–Trinajstić information content (AvgIpc) is 3.27. The third-order valence-electron chi connectivity index (χ3n) is 6.04. The molecule has 5 heterocycles. The van der Waals surface area contributed by atoms with Crippen molar-refractivity contribution in [3.8, 4) is 45.7 Å². The minimum Gasteiger partial charge on any atom is -0.462 e. The van der Waals surface area contributed by atoms with Crippen LogP contribution in [0.4, 0.5) is 4.39 Å². The summed E-state index contributed by atoms with van der Waals surface area (Å²) in [4.78, 5) is 17.2. The van der Waals surface area contributed by atoms with E-state index in [9.17, 15) is 0 Å². The SMILES string of the molecule is CC#Cc1cncc(-c2ccc3c(c2)[C@@]2(COC(N)=N2)c2cc(-c4cccnc4)nc(F)c2O3)c1. The largest absolute Gasteiger partial charge is 0.462 e. The van der Waals surface area contributed by atoms with Gasteiger partial charge in [0.05, 0.1) is 5.69 Å². The highest BCUT2D eigenvalue weighted by atomic mass is 19.1. The lowest BCUT2D eigenvalue weighted by atomic mass is 9.80. The van der Waals surface area contributed by atoms with Crippen molar-refractivity contribution in [2.45, 2.75) is 12.5 Å². The molecule has 4 aromatic rings. The molecule has 3 aromatic heterocycles. The second-order valence-corrected chi connectivity index (χ2v) is 8.17. The molecule has 0 fully saturated rings. The van der Waals surface area contributed by atoms with Crippen molar-refractivity contribution in [1.29, 1.82) is 0 Å². The Labute approximate surface area is 200 Å². The van der Waals surface area contributed by atoms with Crippen molar-refractivity contribution in [3.63, 3.8) is 0 Å². The fraction of sp³-hybridized carbons (Fsp3) is 0.111. The highest BCUT2D eigenvalue weighted by molar-refractivity contribution is 5.78. The second-order valence-electron chi connectivity index (χ2n) is 8.17. The molecular formula is C27H18FN5O2. The van der Waals surface area contributed by atoms with Crippen LogP contribution >= 0.6 is 0 Å². The van der Waals surface area contributed by atoms with Crippen LogP contribution in [0, 0.1) is 17.8 Å². The maximum atomic E-state index is 15.3. The van der Waals surface area contributed by atoms with E-state index in [2.05, 4.69) is 31.8 Å². The number of nitrogens with zero attached hydrogens (tertiary/aromatic N) is 4. The molecule has 2 aliphatic rings. The number of amidine groups is 1. The molecule has 8 heteroatoms. The van der Waals surface area contributed by atoms with Crippen LogP contribution in [0.25, 0.3) is 22.4 Å². The molecule has 35 heavy (non-hydrogen) atoms. The molecule has 2 aliphatic heterocycles. The van der Waals surface area contributed by atoms with E-state index in [1.54, 1.807) is 49.9 Å². The quantitative estimate of drug-likeness (QED) is 0.350. The fourth-order valence-corrected chi connectivity index (χ4v) is 4.46. The maximum Gasteiger partial charge on any atom is 0.283 e. The molecule has 6 rings (SSSR count). The molecule has 0 bridgehead atoms. The molecule has 2 N–H and O–H groups in total. The van der Waals surface area contributed by atoms with E-state index in [4.69, 9.17) is 15.2 Å². The smallest absolute Gasteiger partial charge is 0.283 e. The summed E-state index contributed by atoms with van der Waals surface area (Å²) < 4.78 is 27.0. The van der Waals surface area contributed by atoms with Gasteiger partial charge >= 0.3 is 0 Å². The predicted molar refractivity (Wildman–Crippen MR) is 128 cm³/mol. The zero-order chi connectivity index (χ0) is 24.0. The van der Waals surface area contributed by atoms with Gasteiger partial charge in [-0.1, -0.05) is 12.0 Å². The number of hydrogen-bond donors (Lipinski definition) is 1. The van der Waals surface area contributed by atoms with Gasteiger partial charge in [0.1, 0.15) is 12.4 Å². The van der Waals surface area contributed by atoms with Crippen molar-refractivity contribution in [1.82, 2.24) is 15.0 Å². The van der Waals surface area contributed by atoms with Gasteiger partial charge in [-0.25, -0.2) is 9.98 Å². The summed E-state index contributed by atoms with van der Waals surface area (Å²) in [5.41, 5.74) is 9.72. The van der Waals surface area contributed by atoms with Crippen LogP contribution in [0.2, 0.25) is 0 Å². The Morgan fingerprint density at radius 1 is 1.00 bits per heavy atom. The monoisotopic (exact) mass is 463 g/mol. The van der Waals surface area contributed by atoms with Crippen LogP contribution in [-0.4, -0.2) is 27.6 Å². The van der Waals surface area contributed by atoms with Gasteiger partial charge in [0, 0.05) is 52.6 Å². The van der Waals surface area contributed by atoms with Crippen LogP contribution in [0.15, 0.2) is 72.2 Å². The normalized spacial score (nSPS) is 17.4. The fourth-order valence-electron chi connectivity index (χ4n) is 4.46. The molecule has 0 amide bonds. The summed E-state index contributed by atoms with van der Waals surface area (Å²) in [6.45, 7) is 1.88. The first-order valence-electron chi connectivity index (χ1n) is 10.9. The van der Waals surface area contributed by atoms with E-state index < -0.39 is 11.5 Å². The van der Waals surface area contributed by atoms with Crippen LogP contribution in [0.3, 0.4) is 0 Å². The first-order chi connectivity index (χ1) is 17.1. The number of rotatable bonds is 2. The minimum absolute atomic E-state index is 0.00169. The van der Waals surface area contributed by atoms with Crippen LogP contribution < -0.4 is 10.5 Å². The molecule has 0 saturated heterocycles. The average molecular weight is 463 g/mol. The number of nitrogens with two attached hydrogens (primary N) is 1. The third kappa shape index (κ3) is 3.37. The van der Waals surface area contributed by atoms with Gasteiger partial charge in [-0.2, -0.15) is 4.39 Å². The molecule has 0 unspecified atom stereocenters. The molecule has 170 valence electrons. The van der Waals surface area contributed by atoms with Gasteiger partial charge in [0.15, 0.2) is 11.3 Å². The third-order valence-corrected chi connectivity index (χ3v) is 6.04. The lowest BCUT2D eigenvalue weighted by molar-refractivity contribution is 0.261. The highest BCUT2D eigenvalue weighted by Crippen LogP contribution is 2.52. The van der Waals surface area contributed by atoms with Crippen molar-refractivity contribution in [2.24, 2.45) is 10.7 Å². The number of ether oxygens (including phenoxy) is 2. The van der Waals surface area contributed by atoms with Gasteiger partial charge in [-0.3, -0.25) is 9.97 Å². The van der Waals surface area contributed by atoms with Crippen LogP contribution in [0.1, 0.15) is 23.6 Å². The van der Waals surface area contributed by atoms with Crippen LogP contribution in [-0.2, 0) is 10.3 Å². The standard InChI is InChI=1S/C27H18FN5O2/c1-2-4-16-9-19(14-31-12-16)17-6-7-23-20(10-17)27(15-34-26(29)33-27)21-11-22(18-5-3-8-30-13-18)32-25(28)24(21)35-23/h3,5-14H,15H2,1H3,(H2,29,33)/t27-/m0/s1. The van der Waals surface area contributed by atoms with E-state index in [0.29, 0.717) is 28.1 Å². The Morgan fingerprint density at radius 3 is 2.66 bits per heavy atom. The van der Waals surface area contributed by atoms with Crippen molar-refractivity contribution >= 4 is 6.02 Å². The lowest BCUT2D eigenvalue weighted by Gasteiger charge is -2.33. The van der Waals surface area contributed by atoms with Gasteiger partial charge in [-0.05, 0) is 48.9 Å². The molecule has 7 nitrogen and oxygen atoms in total. The van der Waals surface area contributed by atoms with E-state index in [0.717, 1.165) is 16.7 Å². The van der Waals surface area contributed by atoms with E-state index >= 15 is 4.39 Å². The molecule has 0 saturated carbocycles. The van der Waals surface area contributed by atoms with Crippen molar-refractivity contribution in [2.75, 3.05) is 6.61 Å². The van der Waals surface area contributed by atoms with Gasteiger partial charge in [0.25, 0.3) is 12.0 Å². The maximum absolute atomic E-state index is 15.3. The molecular weight excluding hydrogens is 445 g/mol. The summed E-state index contributed by atoms with van der Waals surface area (Å²) in [6, 6.07) is 12.9. The summed E-state index contributed by atoms with van der Waals surface area (Å²) in [7, 11) is 0. The predicted octanol–water partition coefficient (Wildman–Crippen LogP) is 4.41. The number of aliphatic imine (C=N–C) groups is 1. The number of aromatic nitrogens is 3. The second kappa shape index (κ2) is 7.92. The Kier molecular flexibility index (Phi) is 4.71. The number of fused-ring (bicyclic) bond motifs is 4. The summed E-state index contributed by atoms with van der Waals surface area (Å²) in [5.74, 6) is 5.63. The minimum atomic E-state index is -1.10. The van der Waals surface area contributed by atoms with Gasteiger partial charge < -0.3 is 15.2 Å². The number of hydrogen-bond acceptors (Lipinski definition) is 7. The van der Waals surface area contributed by atoms with E-state index in [1.165, 1.54) is 0 Å². The summed E-state index contributed by atoms with van der Waals surface area (Å²) in [5, 5.41) is 0. The first kappa shape index (κ1) is 20.8. The Bertz CT molecular complexity index is 1580. The van der Waals surface area contributed by atoms with Crippen molar-refractivity contribution in [3.05, 3.63) is 89.9 Å². The first-order valence-corrected chi connectivity index (χ1v) is 10.9. The molecule has 1 atom stereocenters. The molecule has 1 aromatic carbocycles. The van der Waals surface area contributed by atoms with Gasteiger partial charge in [0.2, 0.25) is 0 Å². The van der Waals surface area contributed by atoms with Crippen LogP contribution in [0.5, 0.6) is 11.5 Å². The zero-order valence-corrected chi connectivity index (χ0v) is 18.6. The summed E-state index contributed by atoms with van der Waals surface area (Å²) in [6.07, 6.45) is 6.75. The molecule has 0 radical (unpaired) electrons. The molecule has 1 spiro atoms. The highest BCUT2D eigenvalue weighted by Gasteiger charge is 2.48. The topological polar surface area (TPSA) is 95.5 Å². The Balaban J connectivity index is 1.56. The number of halogens is 1. The van der Waals surface area contributed by atoms with E-state index in [1.807, 2.05) is 24.3 Å². The van der Waals surface area contributed by atoms with Gasteiger partial charge in [-0.15, -0.1) is 5.92 Å². The Morgan fingerprint density at radius 2 is 1.89 bits per heavy atom.